The number of hydrogen-bond donors (Lipinski definition) is 2. The Kier molecular flexibility index (Phi) is 5.45. The number of thiocarbonyl (C=S) groups is 1. The Morgan fingerprint density at radius 3 is 2.86 bits per heavy atom. The zero-order valence-corrected chi connectivity index (χ0v) is 14.1. The van der Waals surface area contributed by atoms with Crippen molar-refractivity contribution in [2.45, 2.75) is 26.4 Å². The summed E-state index contributed by atoms with van der Waals surface area (Å²) in [6.45, 7) is 4.89. The topological polar surface area (TPSA) is 41.9 Å². The van der Waals surface area contributed by atoms with Gasteiger partial charge in [0.05, 0.1) is 22.4 Å². The van der Waals surface area contributed by atoms with Gasteiger partial charge in [-0.05, 0) is 50.3 Å². The van der Waals surface area contributed by atoms with Gasteiger partial charge >= 0.3 is 0 Å². The van der Waals surface area contributed by atoms with Gasteiger partial charge in [-0.15, -0.1) is 0 Å². The van der Waals surface area contributed by atoms with E-state index in [9.17, 15) is 0 Å². The van der Waals surface area contributed by atoms with E-state index < -0.39 is 0 Å². The molecule has 1 aromatic heterocycles. The molecule has 0 bridgehead atoms. The largest absolute Gasteiger partial charge is 0.354 e. The first-order valence-corrected chi connectivity index (χ1v) is 7.72. The molecule has 0 aliphatic carbocycles. The molecule has 7 heteroatoms. The van der Waals surface area contributed by atoms with Crippen LogP contribution in [0.4, 0.5) is 5.69 Å². The van der Waals surface area contributed by atoms with E-state index in [4.69, 9.17) is 35.4 Å². The van der Waals surface area contributed by atoms with Gasteiger partial charge in [0, 0.05) is 17.8 Å². The van der Waals surface area contributed by atoms with E-state index in [2.05, 4.69) is 15.7 Å². The average Bonchev–Trinajstić information content (AvgIpc) is 2.91. The first kappa shape index (κ1) is 16.1. The highest BCUT2D eigenvalue weighted by molar-refractivity contribution is 7.80. The van der Waals surface area contributed by atoms with E-state index >= 15 is 0 Å². The van der Waals surface area contributed by atoms with Gasteiger partial charge in [-0.25, -0.2) is 0 Å². The van der Waals surface area contributed by atoms with Crippen LogP contribution in [0, 0.1) is 0 Å². The van der Waals surface area contributed by atoms with Crippen LogP contribution in [0.15, 0.2) is 30.5 Å². The number of nitrogens with zero attached hydrogens (tertiary/aromatic N) is 2. The van der Waals surface area contributed by atoms with Crippen molar-refractivity contribution in [1.82, 2.24) is 15.1 Å². The number of aromatic nitrogens is 2. The minimum Gasteiger partial charge on any atom is -0.354 e. The van der Waals surface area contributed by atoms with Gasteiger partial charge in [-0.1, -0.05) is 23.2 Å². The molecule has 0 saturated heterocycles. The summed E-state index contributed by atoms with van der Waals surface area (Å²) in [6.07, 6.45) is 1.78. The monoisotopic (exact) mass is 342 g/mol. The smallest absolute Gasteiger partial charge is 0.171 e. The lowest BCUT2D eigenvalue weighted by Gasteiger charge is -2.18. The highest BCUT2D eigenvalue weighted by Crippen LogP contribution is 2.25. The Balaban J connectivity index is 2.03. The predicted molar refractivity (Wildman–Crippen MR) is 92.1 cm³/mol. The van der Waals surface area contributed by atoms with E-state index in [1.165, 1.54) is 0 Å². The Bertz CT molecular complexity index is 642. The maximum Gasteiger partial charge on any atom is 0.171 e. The molecule has 2 aromatic rings. The molecular weight excluding hydrogens is 327 g/mol. The molecule has 0 radical (unpaired) electrons. The molecule has 112 valence electrons. The quantitative estimate of drug-likeness (QED) is 0.814. The number of aryl methyl sites for hydroxylation is 1. The molecular formula is C14H16Cl2N4S. The van der Waals surface area contributed by atoms with Crippen molar-refractivity contribution in [2.75, 3.05) is 5.32 Å². The summed E-state index contributed by atoms with van der Waals surface area (Å²) in [5.41, 5.74) is 1.75. The Morgan fingerprint density at radius 1 is 1.38 bits per heavy atom. The summed E-state index contributed by atoms with van der Waals surface area (Å²) in [7, 11) is 0. The van der Waals surface area contributed by atoms with E-state index in [0.717, 1.165) is 12.2 Å². The second kappa shape index (κ2) is 7.11. The molecule has 0 aliphatic rings. The zero-order valence-electron chi connectivity index (χ0n) is 11.7. The third-order valence-electron chi connectivity index (χ3n) is 3.02. The van der Waals surface area contributed by atoms with Crippen LogP contribution in [0.1, 0.15) is 25.6 Å². The molecule has 2 N–H and O–H groups in total. The van der Waals surface area contributed by atoms with Crippen molar-refractivity contribution in [3.8, 4) is 0 Å². The van der Waals surface area contributed by atoms with Gasteiger partial charge in [0.25, 0.3) is 0 Å². The SMILES string of the molecule is CCn1nccc1C(C)NC(=S)Nc1cc(Cl)ccc1Cl. The minimum absolute atomic E-state index is 0.0328. The highest BCUT2D eigenvalue weighted by atomic mass is 35.5. The summed E-state index contributed by atoms with van der Waals surface area (Å²) >= 11 is 17.4. The van der Waals surface area contributed by atoms with Crippen molar-refractivity contribution in [1.29, 1.82) is 0 Å². The first-order chi connectivity index (χ1) is 10.0. The lowest BCUT2D eigenvalue weighted by Crippen LogP contribution is -2.32. The third kappa shape index (κ3) is 4.09. The van der Waals surface area contributed by atoms with Crippen LogP contribution in [0.5, 0.6) is 0 Å². The summed E-state index contributed by atoms with van der Waals surface area (Å²) in [5.74, 6) is 0. The lowest BCUT2D eigenvalue weighted by molar-refractivity contribution is 0.568. The van der Waals surface area contributed by atoms with Gasteiger partial charge in [0.15, 0.2) is 5.11 Å². The molecule has 0 aliphatic heterocycles. The van der Waals surface area contributed by atoms with Crippen LogP contribution >= 0.6 is 35.4 Å². The van der Waals surface area contributed by atoms with E-state index in [0.29, 0.717) is 20.8 Å². The van der Waals surface area contributed by atoms with Gasteiger partial charge < -0.3 is 10.6 Å². The molecule has 2 rings (SSSR count). The fraction of sp³-hybridized carbons (Fsp3) is 0.286. The number of halogens is 2. The van der Waals surface area contributed by atoms with E-state index in [1.807, 2.05) is 24.6 Å². The fourth-order valence-electron chi connectivity index (χ4n) is 2.00. The maximum atomic E-state index is 6.10. The van der Waals surface area contributed by atoms with Crippen LogP contribution in [0.2, 0.25) is 10.0 Å². The lowest BCUT2D eigenvalue weighted by atomic mass is 10.2. The predicted octanol–water partition coefficient (Wildman–Crippen LogP) is 4.26. The standard InChI is InChI=1S/C14H16Cl2N4S/c1-3-20-13(6-7-17-20)9(2)18-14(21)19-12-8-10(15)4-5-11(12)16/h4-9H,3H2,1-2H3,(H2,18,19,21). The zero-order chi connectivity index (χ0) is 15.4. The minimum atomic E-state index is 0.0328. The molecule has 1 aromatic carbocycles. The molecule has 0 saturated carbocycles. The highest BCUT2D eigenvalue weighted by Gasteiger charge is 2.12. The van der Waals surface area contributed by atoms with Gasteiger partial charge in [0.2, 0.25) is 0 Å². The molecule has 4 nitrogen and oxygen atoms in total. The summed E-state index contributed by atoms with van der Waals surface area (Å²) in [4.78, 5) is 0. The van der Waals surface area contributed by atoms with Gasteiger partial charge in [-0.3, -0.25) is 4.68 Å². The summed E-state index contributed by atoms with van der Waals surface area (Å²) in [5, 5.41) is 12.2. The van der Waals surface area contributed by atoms with Crippen molar-refractivity contribution >= 4 is 46.2 Å². The summed E-state index contributed by atoms with van der Waals surface area (Å²) < 4.78 is 1.92. The second-order valence-electron chi connectivity index (χ2n) is 4.52. The van der Waals surface area contributed by atoms with Gasteiger partial charge in [0.1, 0.15) is 0 Å². The van der Waals surface area contributed by atoms with Crippen molar-refractivity contribution < 1.29 is 0 Å². The van der Waals surface area contributed by atoms with Crippen LogP contribution in [-0.2, 0) is 6.54 Å². The first-order valence-electron chi connectivity index (χ1n) is 6.55. The molecule has 1 unspecified atom stereocenters. The van der Waals surface area contributed by atoms with Crippen LogP contribution in [0.25, 0.3) is 0 Å². The Morgan fingerprint density at radius 2 is 2.14 bits per heavy atom. The second-order valence-corrected chi connectivity index (χ2v) is 5.77. The van der Waals surface area contributed by atoms with Crippen LogP contribution in [-0.4, -0.2) is 14.9 Å². The molecule has 0 amide bonds. The van der Waals surface area contributed by atoms with E-state index in [1.54, 1.807) is 24.4 Å². The molecule has 1 atom stereocenters. The normalized spacial score (nSPS) is 12.0. The van der Waals surface area contributed by atoms with Crippen LogP contribution in [0.3, 0.4) is 0 Å². The molecule has 1 heterocycles. The Labute approximate surface area is 139 Å². The summed E-state index contributed by atoms with van der Waals surface area (Å²) in [6, 6.07) is 7.19. The molecule has 0 spiro atoms. The number of nitrogens with one attached hydrogen (secondary N) is 2. The maximum absolute atomic E-state index is 6.10. The average molecular weight is 343 g/mol. The molecule has 0 fully saturated rings. The number of rotatable bonds is 4. The van der Waals surface area contributed by atoms with Crippen molar-refractivity contribution in [3.05, 3.63) is 46.2 Å². The van der Waals surface area contributed by atoms with Crippen molar-refractivity contribution in [3.63, 3.8) is 0 Å². The third-order valence-corrected chi connectivity index (χ3v) is 3.80. The fourth-order valence-corrected chi connectivity index (χ4v) is 2.62. The Hall–Kier alpha value is -1.30. The number of anilines is 1. The van der Waals surface area contributed by atoms with E-state index in [-0.39, 0.29) is 6.04 Å². The molecule has 21 heavy (non-hydrogen) atoms. The van der Waals surface area contributed by atoms with Gasteiger partial charge in [-0.2, -0.15) is 5.10 Å². The number of hydrogen-bond acceptors (Lipinski definition) is 2. The number of benzene rings is 1. The van der Waals surface area contributed by atoms with Crippen molar-refractivity contribution in [2.24, 2.45) is 0 Å². The van der Waals surface area contributed by atoms with Crippen LogP contribution < -0.4 is 10.6 Å².